The van der Waals surface area contributed by atoms with Crippen LogP contribution in [-0.2, 0) is 0 Å². The molecule has 5 nitrogen and oxygen atoms in total. The number of anilines is 1. The van der Waals surface area contributed by atoms with E-state index in [0.29, 0.717) is 12.2 Å². The lowest BCUT2D eigenvalue weighted by Gasteiger charge is -2.10. The standard InChI is InChI=1S/C24H22BrN3O2/c1-2-3-14-30-22-13-10-17(15-19(22)25)24(29)26-18-11-8-16(9-12-18)23-27-20-6-4-5-7-21(20)28-23/h4-13,15H,2-3,14H2,1H3,(H,26,29)(H,27,28). The Balaban J connectivity index is 1.44. The maximum atomic E-state index is 12.6. The lowest BCUT2D eigenvalue weighted by atomic mass is 10.1. The number of fused-ring (bicyclic) bond motifs is 1. The van der Waals surface area contributed by atoms with Crippen LogP contribution in [0.4, 0.5) is 5.69 Å². The molecule has 0 fully saturated rings. The Morgan fingerprint density at radius 2 is 1.90 bits per heavy atom. The van der Waals surface area contributed by atoms with Crippen molar-refractivity contribution in [3.05, 3.63) is 76.8 Å². The molecule has 152 valence electrons. The van der Waals surface area contributed by atoms with Crippen molar-refractivity contribution in [3.8, 4) is 17.1 Å². The molecular formula is C24H22BrN3O2. The van der Waals surface area contributed by atoms with E-state index >= 15 is 0 Å². The highest BCUT2D eigenvalue weighted by atomic mass is 79.9. The number of imidazole rings is 1. The number of aromatic nitrogens is 2. The van der Waals surface area contributed by atoms with Crippen molar-refractivity contribution in [3.63, 3.8) is 0 Å². The second-order valence-corrected chi connectivity index (χ2v) is 7.84. The van der Waals surface area contributed by atoms with Gasteiger partial charge in [0.1, 0.15) is 11.6 Å². The normalized spacial score (nSPS) is 10.9. The zero-order valence-electron chi connectivity index (χ0n) is 16.6. The van der Waals surface area contributed by atoms with Crippen molar-refractivity contribution in [2.24, 2.45) is 0 Å². The van der Waals surface area contributed by atoms with Crippen molar-refractivity contribution in [1.82, 2.24) is 9.97 Å². The third kappa shape index (κ3) is 4.54. The second-order valence-electron chi connectivity index (χ2n) is 6.98. The molecular weight excluding hydrogens is 442 g/mol. The number of benzene rings is 3. The summed E-state index contributed by atoms with van der Waals surface area (Å²) < 4.78 is 6.49. The van der Waals surface area contributed by atoms with E-state index in [0.717, 1.165) is 51.2 Å². The maximum absolute atomic E-state index is 12.6. The Labute approximate surface area is 183 Å². The highest BCUT2D eigenvalue weighted by Gasteiger charge is 2.11. The second kappa shape index (κ2) is 9.13. The molecule has 2 N–H and O–H groups in total. The first-order valence-electron chi connectivity index (χ1n) is 9.93. The van der Waals surface area contributed by atoms with Crippen molar-refractivity contribution < 1.29 is 9.53 Å². The zero-order valence-corrected chi connectivity index (χ0v) is 18.2. The largest absolute Gasteiger partial charge is 0.492 e. The molecule has 0 saturated heterocycles. The summed E-state index contributed by atoms with van der Waals surface area (Å²) in [6.07, 6.45) is 2.08. The highest BCUT2D eigenvalue weighted by Crippen LogP contribution is 2.27. The average Bonchev–Trinajstić information content (AvgIpc) is 3.20. The first-order valence-corrected chi connectivity index (χ1v) is 10.7. The van der Waals surface area contributed by atoms with Crippen LogP contribution in [0.25, 0.3) is 22.4 Å². The average molecular weight is 464 g/mol. The van der Waals surface area contributed by atoms with Crippen LogP contribution < -0.4 is 10.1 Å². The van der Waals surface area contributed by atoms with Gasteiger partial charge in [0.15, 0.2) is 0 Å². The molecule has 1 heterocycles. The number of nitrogens with zero attached hydrogens (tertiary/aromatic N) is 1. The first kappa shape index (κ1) is 20.2. The number of H-pyrrole nitrogens is 1. The molecule has 1 amide bonds. The van der Waals surface area contributed by atoms with Gasteiger partial charge in [-0.15, -0.1) is 0 Å². The van der Waals surface area contributed by atoms with Crippen LogP contribution >= 0.6 is 15.9 Å². The van der Waals surface area contributed by atoms with Crippen LogP contribution in [0.15, 0.2) is 71.2 Å². The molecule has 0 aliphatic heterocycles. The van der Waals surface area contributed by atoms with Crippen LogP contribution in [0.2, 0.25) is 0 Å². The third-order valence-electron chi connectivity index (χ3n) is 4.76. The zero-order chi connectivity index (χ0) is 20.9. The number of carbonyl (C=O) groups is 1. The fraction of sp³-hybridized carbons (Fsp3) is 0.167. The number of unbranched alkanes of at least 4 members (excludes halogenated alkanes) is 1. The predicted octanol–water partition coefficient (Wildman–Crippen LogP) is 6.42. The van der Waals surface area contributed by atoms with E-state index in [1.54, 1.807) is 12.1 Å². The summed E-state index contributed by atoms with van der Waals surface area (Å²) in [6.45, 7) is 2.79. The van der Waals surface area contributed by atoms with E-state index in [1.165, 1.54) is 0 Å². The van der Waals surface area contributed by atoms with E-state index in [-0.39, 0.29) is 5.91 Å². The van der Waals surface area contributed by atoms with Crippen LogP contribution in [0.5, 0.6) is 5.75 Å². The fourth-order valence-electron chi connectivity index (χ4n) is 3.09. The van der Waals surface area contributed by atoms with Gasteiger partial charge < -0.3 is 15.0 Å². The quantitative estimate of drug-likeness (QED) is 0.310. The van der Waals surface area contributed by atoms with Gasteiger partial charge in [0.25, 0.3) is 5.91 Å². The van der Waals surface area contributed by atoms with Crippen LogP contribution in [0.3, 0.4) is 0 Å². The third-order valence-corrected chi connectivity index (χ3v) is 5.37. The number of para-hydroxylation sites is 2. The number of hydrogen-bond acceptors (Lipinski definition) is 3. The van der Waals surface area contributed by atoms with Crippen LogP contribution in [-0.4, -0.2) is 22.5 Å². The number of nitrogens with one attached hydrogen (secondary N) is 2. The molecule has 0 spiro atoms. The first-order chi connectivity index (χ1) is 14.6. The van der Waals surface area contributed by atoms with Crippen LogP contribution in [0, 0.1) is 0 Å². The molecule has 0 aliphatic rings. The summed E-state index contributed by atoms with van der Waals surface area (Å²) in [5, 5.41) is 2.93. The number of amides is 1. The molecule has 0 bridgehead atoms. The summed E-state index contributed by atoms with van der Waals surface area (Å²) in [6, 6.07) is 20.9. The van der Waals surface area contributed by atoms with E-state index in [9.17, 15) is 4.79 Å². The minimum atomic E-state index is -0.174. The van der Waals surface area contributed by atoms with E-state index < -0.39 is 0 Å². The Hall–Kier alpha value is -3.12. The fourth-order valence-corrected chi connectivity index (χ4v) is 3.58. The summed E-state index contributed by atoms with van der Waals surface area (Å²) >= 11 is 3.49. The number of aromatic amines is 1. The number of halogens is 1. The molecule has 0 saturated carbocycles. The minimum absolute atomic E-state index is 0.174. The van der Waals surface area contributed by atoms with Gasteiger partial charge in [-0.3, -0.25) is 4.79 Å². The predicted molar refractivity (Wildman–Crippen MR) is 124 cm³/mol. The number of hydrogen-bond donors (Lipinski definition) is 2. The minimum Gasteiger partial charge on any atom is -0.492 e. The molecule has 0 atom stereocenters. The summed E-state index contributed by atoms with van der Waals surface area (Å²) in [4.78, 5) is 20.5. The van der Waals surface area contributed by atoms with E-state index in [4.69, 9.17) is 4.74 Å². The van der Waals surface area contributed by atoms with Crippen LogP contribution in [0.1, 0.15) is 30.1 Å². The molecule has 3 aromatic carbocycles. The smallest absolute Gasteiger partial charge is 0.255 e. The van der Waals surface area contributed by atoms with Gasteiger partial charge in [-0.05, 0) is 76.9 Å². The van der Waals surface area contributed by atoms with Crippen molar-refractivity contribution >= 4 is 38.6 Å². The van der Waals surface area contributed by atoms with Crippen molar-refractivity contribution in [2.75, 3.05) is 11.9 Å². The summed E-state index contributed by atoms with van der Waals surface area (Å²) in [5.74, 6) is 1.37. The lowest BCUT2D eigenvalue weighted by molar-refractivity contribution is 0.102. The molecule has 0 unspecified atom stereocenters. The monoisotopic (exact) mass is 463 g/mol. The SMILES string of the molecule is CCCCOc1ccc(C(=O)Nc2ccc(-c3nc4ccccc4[nH]3)cc2)cc1Br. The Kier molecular flexibility index (Phi) is 6.14. The Bertz CT molecular complexity index is 1140. The molecule has 0 aliphatic carbocycles. The maximum Gasteiger partial charge on any atom is 0.255 e. The van der Waals surface area contributed by atoms with Gasteiger partial charge in [-0.1, -0.05) is 25.5 Å². The number of rotatable bonds is 7. The van der Waals surface area contributed by atoms with Gasteiger partial charge >= 0.3 is 0 Å². The Morgan fingerprint density at radius 1 is 1.10 bits per heavy atom. The van der Waals surface area contributed by atoms with E-state index in [2.05, 4.69) is 38.1 Å². The Morgan fingerprint density at radius 3 is 2.63 bits per heavy atom. The van der Waals surface area contributed by atoms with Gasteiger partial charge in [0.05, 0.1) is 22.1 Å². The topological polar surface area (TPSA) is 67.0 Å². The van der Waals surface area contributed by atoms with Gasteiger partial charge in [-0.25, -0.2) is 4.98 Å². The van der Waals surface area contributed by atoms with Crippen molar-refractivity contribution in [1.29, 1.82) is 0 Å². The number of carbonyl (C=O) groups excluding carboxylic acids is 1. The highest BCUT2D eigenvalue weighted by molar-refractivity contribution is 9.10. The molecule has 0 radical (unpaired) electrons. The molecule has 6 heteroatoms. The van der Waals surface area contributed by atoms with Gasteiger partial charge in [0, 0.05) is 16.8 Å². The molecule has 1 aromatic heterocycles. The number of ether oxygens (including phenoxy) is 1. The molecule has 4 rings (SSSR count). The molecule has 4 aromatic rings. The lowest BCUT2D eigenvalue weighted by Crippen LogP contribution is -2.12. The molecule has 30 heavy (non-hydrogen) atoms. The van der Waals surface area contributed by atoms with Gasteiger partial charge in [0.2, 0.25) is 0 Å². The summed E-state index contributed by atoms with van der Waals surface area (Å²) in [5.41, 5.74) is 4.17. The van der Waals surface area contributed by atoms with Crippen molar-refractivity contribution in [2.45, 2.75) is 19.8 Å². The summed E-state index contributed by atoms with van der Waals surface area (Å²) in [7, 11) is 0. The van der Waals surface area contributed by atoms with E-state index in [1.807, 2.05) is 54.6 Å². The van der Waals surface area contributed by atoms with Gasteiger partial charge in [-0.2, -0.15) is 0 Å².